The molecule has 1 aromatic rings. The highest BCUT2D eigenvalue weighted by molar-refractivity contribution is 7.99. The minimum Gasteiger partial charge on any atom is -0.251 e. The third kappa shape index (κ3) is 2.02. The molecule has 0 aromatic carbocycles. The number of aromatic nitrogens is 2. The molecule has 4 heteroatoms. The highest BCUT2D eigenvalue weighted by atomic mass is 35.5. The number of halogens is 1. The molecule has 1 fully saturated rings. The average molecular weight is 217 g/mol. The lowest BCUT2D eigenvalue weighted by Gasteiger charge is -2.22. The van der Waals surface area contributed by atoms with E-state index in [1.807, 2.05) is 29.4 Å². The Labute approximate surface area is 87.6 Å². The first-order valence-corrected chi connectivity index (χ1v) is 6.10. The summed E-state index contributed by atoms with van der Waals surface area (Å²) in [5.74, 6) is 2.47. The van der Waals surface area contributed by atoms with Crippen LogP contribution in [0.1, 0.15) is 24.6 Å². The SMILES string of the molecule is Cc1cc(Cl)n(C2CCSCC2)n1. The molecule has 2 nitrogen and oxygen atoms in total. The van der Waals surface area contributed by atoms with Gasteiger partial charge in [-0.2, -0.15) is 16.9 Å². The summed E-state index contributed by atoms with van der Waals surface area (Å²) in [6.45, 7) is 1.99. The van der Waals surface area contributed by atoms with Gasteiger partial charge in [0.15, 0.2) is 0 Å². The predicted molar refractivity (Wildman–Crippen MR) is 57.6 cm³/mol. The van der Waals surface area contributed by atoms with Crippen molar-refractivity contribution in [2.75, 3.05) is 11.5 Å². The van der Waals surface area contributed by atoms with E-state index in [1.165, 1.54) is 24.3 Å². The summed E-state index contributed by atoms with van der Waals surface area (Å²) in [4.78, 5) is 0. The van der Waals surface area contributed by atoms with E-state index in [0.717, 1.165) is 10.8 Å². The van der Waals surface area contributed by atoms with Crippen LogP contribution in [0.25, 0.3) is 0 Å². The fourth-order valence-corrected chi connectivity index (χ4v) is 3.09. The maximum atomic E-state index is 6.07. The lowest BCUT2D eigenvalue weighted by Crippen LogP contribution is -2.16. The van der Waals surface area contributed by atoms with Crippen molar-refractivity contribution in [2.45, 2.75) is 25.8 Å². The lowest BCUT2D eigenvalue weighted by atomic mass is 10.2. The maximum Gasteiger partial charge on any atom is 0.127 e. The molecular formula is C9H13ClN2S. The molecule has 72 valence electrons. The minimum atomic E-state index is 0.530. The average Bonchev–Trinajstić information content (AvgIpc) is 2.47. The summed E-state index contributed by atoms with van der Waals surface area (Å²) in [5, 5.41) is 5.20. The zero-order valence-corrected chi connectivity index (χ0v) is 9.24. The van der Waals surface area contributed by atoms with Crippen LogP contribution in [0, 0.1) is 6.92 Å². The van der Waals surface area contributed by atoms with E-state index in [9.17, 15) is 0 Å². The summed E-state index contributed by atoms with van der Waals surface area (Å²) in [6.07, 6.45) is 2.40. The first kappa shape index (κ1) is 9.41. The quantitative estimate of drug-likeness (QED) is 0.719. The fraction of sp³-hybridized carbons (Fsp3) is 0.667. The highest BCUT2D eigenvalue weighted by Crippen LogP contribution is 2.29. The monoisotopic (exact) mass is 216 g/mol. The zero-order valence-electron chi connectivity index (χ0n) is 7.66. The largest absolute Gasteiger partial charge is 0.251 e. The third-order valence-corrected chi connectivity index (χ3v) is 3.68. The molecule has 2 heterocycles. The van der Waals surface area contributed by atoms with E-state index in [0.29, 0.717) is 6.04 Å². The summed E-state index contributed by atoms with van der Waals surface area (Å²) in [6, 6.07) is 2.46. The molecular weight excluding hydrogens is 204 g/mol. The van der Waals surface area contributed by atoms with Gasteiger partial charge in [0.2, 0.25) is 0 Å². The van der Waals surface area contributed by atoms with Crippen LogP contribution in [0.4, 0.5) is 0 Å². The predicted octanol–water partition coefficient (Wildman–Crippen LogP) is 2.91. The fourth-order valence-electron chi connectivity index (χ4n) is 1.67. The Balaban J connectivity index is 2.18. The van der Waals surface area contributed by atoms with Crippen molar-refractivity contribution in [3.05, 3.63) is 16.9 Å². The number of thioether (sulfide) groups is 1. The molecule has 1 aliphatic rings. The van der Waals surface area contributed by atoms with Gasteiger partial charge in [0.05, 0.1) is 11.7 Å². The molecule has 0 saturated carbocycles. The molecule has 1 aliphatic heterocycles. The highest BCUT2D eigenvalue weighted by Gasteiger charge is 2.18. The molecule has 0 N–H and O–H groups in total. The maximum absolute atomic E-state index is 6.07. The Bertz CT molecular complexity index is 292. The zero-order chi connectivity index (χ0) is 9.26. The van der Waals surface area contributed by atoms with Gasteiger partial charge in [0.25, 0.3) is 0 Å². The Morgan fingerprint density at radius 2 is 2.23 bits per heavy atom. The van der Waals surface area contributed by atoms with Gasteiger partial charge >= 0.3 is 0 Å². The van der Waals surface area contributed by atoms with Crippen molar-refractivity contribution in [2.24, 2.45) is 0 Å². The Kier molecular flexibility index (Phi) is 2.84. The van der Waals surface area contributed by atoms with Crippen molar-refractivity contribution in [3.8, 4) is 0 Å². The van der Waals surface area contributed by atoms with Crippen LogP contribution in [0.3, 0.4) is 0 Å². The normalized spacial score (nSPS) is 19.2. The molecule has 0 spiro atoms. The Hall–Kier alpha value is -0.150. The summed E-state index contributed by atoms with van der Waals surface area (Å²) >= 11 is 8.09. The van der Waals surface area contributed by atoms with E-state index in [2.05, 4.69) is 5.10 Å². The summed E-state index contributed by atoms with van der Waals surface area (Å²) in [7, 11) is 0. The minimum absolute atomic E-state index is 0.530. The first-order valence-electron chi connectivity index (χ1n) is 4.57. The molecule has 0 radical (unpaired) electrons. The van der Waals surface area contributed by atoms with Crippen LogP contribution >= 0.6 is 23.4 Å². The molecule has 0 unspecified atom stereocenters. The topological polar surface area (TPSA) is 17.8 Å². The number of hydrogen-bond donors (Lipinski definition) is 0. The second-order valence-electron chi connectivity index (χ2n) is 3.40. The van der Waals surface area contributed by atoms with E-state index in [4.69, 9.17) is 11.6 Å². The Morgan fingerprint density at radius 3 is 2.77 bits per heavy atom. The number of aryl methyl sites for hydroxylation is 1. The Morgan fingerprint density at radius 1 is 1.54 bits per heavy atom. The van der Waals surface area contributed by atoms with Crippen LogP contribution in [0.2, 0.25) is 5.15 Å². The number of hydrogen-bond acceptors (Lipinski definition) is 2. The van der Waals surface area contributed by atoms with Gasteiger partial charge in [-0.25, -0.2) is 0 Å². The first-order chi connectivity index (χ1) is 6.27. The lowest BCUT2D eigenvalue weighted by molar-refractivity contribution is 0.425. The van der Waals surface area contributed by atoms with Crippen LogP contribution < -0.4 is 0 Å². The van der Waals surface area contributed by atoms with Crippen molar-refractivity contribution >= 4 is 23.4 Å². The number of rotatable bonds is 1. The van der Waals surface area contributed by atoms with Gasteiger partial charge in [0.1, 0.15) is 5.15 Å². The van der Waals surface area contributed by atoms with E-state index in [-0.39, 0.29) is 0 Å². The molecule has 1 aromatic heterocycles. The molecule has 1 saturated heterocycles. The summed E-state index contributed by atoms with van der Waals surface area (Å²) < 4.78 is 1.98. The van der Waals surface area contributed by atoms with Crippen LogP contribution in [0.15, 0.2) is 6.07 Å². The molecule has 0 bridgehead atoms. The molecule has 0 atom stereocenters. The standard InChI is InChI=1S/C9H13ClN2S/c1-7-6-9(10)12(11-7)8-2-4-13-5-3-8/h6,8H,2-5H2,1H3. The molecule has 2 rings (SSSR count). The van der Waals surface area contributed by atoms with Crippen LogP contribution in [0.5, 0.6) is 0 Å². The van der Waals surface area contributed by atoms with E-state index >= 15 is 0 Å². The summed E-state index contributed by atoms with van der Waals surface area (Å²) in [5.41, 5.74) is 1.02. The molecule has 13 heavy (non-hydrogen) atoms. The van der Waals surface area contributed by atoms with Gasteiger partial charge in [-0.05, 0) is 37.3 Å². The molecule has 0 aliphatic carbocycles. The van der Waals surface area contributed by atoms with Crippen molar-refractivity contribution in [1.82, 2.24) is 9.78 Å². The van der Waals surface area contributed by atoms with Crippen molar-refractivity contribution < 1.29 is 0 Å². The van der Waals surface area contributed by atoms with Crippen LogP contribution in [-0.4, -0.2) is 21.3 Å². The molecule has 0 amide bonds. The van der Waals surface area contributed by atoms with Crippen LogP contribution in [-0.2, 0) is 0 Å². The van der Waals surface area contributed by atoms with Crippen molar-refractivity contribution in [1.29, 1.82) is 0 Å². The second kappa shape index (κ2) is 3.93. The van der Waals surface area contributed by atoms with Gasteiger partial charge in [0, 0.05) is 0 Å². The van der Waals surface area contributed by atoms with Crippen molar-refractivity contribution in [3.63, 3.8) is 0 Å². The number of nitrogens with zero attached hydrogens (tertiary/aromatic N) is 2. The van der Waals surface area contributed by atoms with E-state index in [1.54, 1.807) is 0 Å². The van der Waals surface area contributed by atoms with Gasteiger partial charge in [-0.1, -0.05) is 11.6 Å². The third-order valence-electron chi connectivity index (χ3n) is 2.35. The van der Waals surface area contributed by atoms with Gasteiger partial charge in [-0.3, -0.25) is 4.68 Å². The second-order valence-corrected chi connectivity index (χ2v) is 5.01. The smallest absolute Gasteiger partial charge is 0.127 e. The van der Waals surface area contributed by atoms with Gasteiger partial charge in [-0.15, -0.1) is 0 Å². The van der Waals surface area contributed by atoms with E-state index < -0.39 is 0 Å². The van der Waals surface area contributed by atoms with Gasteiger partial charge < -0.3 is 0 Å².